The molecule has 0 aromatic carbocycles. The van der Waals surface area contributed by atoms with Crippen molar-refractivity contribution in [2.24, 2.45) is 0 Å². The number of aromatic nitrogens is 1. The zero-order valence-corrected chi connectivity index (χ0v) is 13.6. The number of carbonyl (C=O) groups excluding carboxylic acids is 1. The third kappa shape index (κ3) is 3.76. The van der Waals surface area contributed by atoms with Crippen LogP contribution in [0.1, 0.15) is 38.3 Å². The van der Waals surface area contributed by atoms with Crippen LogP contribution in [0.4, 0.5) is 5.13 Å². The molecule has 0 spiro atoms. The van der Waals surface area contributed by atoms with Gasteiger partial charge in [-0.1, -0.05) is 17.4 Å². The molecule has 1 aromatic rings. The molecule has 0 saturated heterocycles. The van der Waals surface area contributed by atoms with E-state index in [9.17, 15) is 4.79 Å². The summed E-state index contributed by atoms with van der Waals surface area (Å²) in [5, 5.41) is 0.569. The highest BCUT2D eigenvalue weighted by Gasteiger charge is 2.18. The molecule has 0 atom stereocenters. The average Bonchev–Trinajstić information content (AvgIpc) is 2.77. The summed E-state index contributed by atoms with van der Waals surface area (Å²) in [6.07, 6.45) is 6.76. The van der Waals surface area contributed by atoms with Crippen molar-refractivity contribution in [3.8, 4) is 0 Å². The van der Waals surface area contributed by atoms with Gasteiger partial charge in [0.15, 0.2) is 5.13 Å². The van der Waals surface area contributed by atoms with Crippen LogP contribution in [0.5, 0.6) is 0 Å². The summed E-state index contributed by atoms with van der Waals surface area (Å²) in [5.74, 6) is 0.630. The number of nitrogens with zero attached hydrogens (tertiary/aromatic N) is 2. The summed E-state index contributed by atoms with van der Waals surface area (Å²) in [7, 11) is 0. The maximum atomic E-state index is 12.4. The fourth-order valence-electron chi connectivity index (χ4n) is 2.35. The summed E-state index contributed by atoms with van der Waals surface area (Å²) in [6.45, 7) is 4.71. The van der Waals surface area contributed by atoms with Gasteiger partial charge in [0.1, 0.15) is 0 Å². The number of allylic oxidation sites excluding steroid dienone is 2. The number of carbonyl (C=O) groups is 1. The van der Waals surface area contributed by atoms with E-state index < -0.39 is 0 Å². The number of anilines is 1. The number of thiazole rings is 1. The molecule has 4 nitrogen and oxygen atoms in total. The predicted molar refractivity (Wildman–Crippen MR) is 85.9 cm³/mol. The maximum absolute atomic E-state index is 12.4. The lowest BCUT2D eigenvalue weighted by Gasteiger charge is -2.26. The van der Waals surface area contributed by atoms with Crippen molar-refractivity contribution in [2.75, 3.05) is 18.0 Å². The lowest BCUT2D eigenvalue weighted by Crippen LogP contribution is -2.32. The Labute approximate surface area is 128 Å². The van der Waals surface area contributed by atoms with Crippen LogP contribution in [0.25, 0.3) is 0 Å². The minimum Gasteiger partial charge on any atom is -0.375 e. The fraction of sp³-hybridized carbons (Fsp3) is 0.571. The van der Waals surface area contributed by atoms with Gasteiger partial charge in [-0.15, -0.1) is 11.8 Å². The Morgan fingerprint density at radius 3 is 2.90 bits per heavy atom. The van der Waals surface area contributed by atoms with Gasteiger partial charge in [-0.05, 0) is 39.5 Å². The van der Waals surface area contributed by atoms with Gasteiger partial charge in [0.2, 0.25) is 5.91 Å². The summed E-state index contributed by atoms with van der Waals surface area (Å²) < 4.78 is 1.05. The quantitative estimate of drug-likeness (QED) is 0.846. The van der Waals surface area contributed by atoms with Crippen LogP contribution in [-0.2, 0) is 4.79 Å². The summed E-state index contributed by atoms with van der Waals surface area (Å²) in [5.41, 5.74) is 7.80. The van der Waals surface area contributed by atoms with E-state index in [4.69, 9.17) is 5.73 Å². The van der Waals surface area contributed by atoms with E-state index in [1.54, 1.807) is 11.8 Å². The Morgan fingerprint density at radius 1 is 1.55 bits per heavy atom. The Bertz CT molecular complexity index is 511. The molecule has 2 N–H and O–H groups in total. The number of aryl methyl sites for hydroxylation is 1. The number of nitrogen functional groups attached to an aromatic ring is 1. The molecule has 1 aromatic heterocycles. The first-order valence-electron chi connectivity index (χ1n) is 6.97. The van der Waals surface area contributed by atoms with Crippen molar-refractivity contribution in [3.63, 3.8) is 0 Å². The van der Waals surface area contributed by atoms with Crippen molar-refractivity contribution in [1.29, 1.82) is 0 Å². The molecule has 1 aliphatic carbocycles. The van der Waals surface area contributed by atoms with E-state index in [1.165, 1.54) is 29.9 Å². The molecule has 1 amide bonds. The minimum absolute atomic E-state index is 0.178. The second-order valence-electron chi connectivity index (χ2n) is 4.79. The Hall–Kier alpha value is -1.01. The van der Waals surface area contributed by atoms with Crippen molar-refractivity contribution in [3.05, 3.63) is 17.5 Å². The first-order chi connectivity index (χ1) is 9.61. The minimum atomic E-state index is 0.178. The highest BCUT2D eigenvalue weighted by molar-refractivity contribution is 8.01. The molecule has 0 unspecified atom stereocenters. The molecule has 6 heteroatoms. The third-order valence-corrected chi connectivity index (χ3v) is 5.66. The second kappa shape index (κ2) is 7.13. The Kier molecular flexibility index (Phi) is 5.48. The van der Waals surface area contributed by atoms with Crippen LogP contribution in [-0.4, -0.2) is 28.1 Å². The summed E-state index contributed by atoms with van der Waals surface area (Å²) in [6, 6.07) is 0. The number of hydrogen-bond acceptors (Lipinski definition) is 5. The average molecular weight is 311 g/mol. The van der Waals surface area contributed by atoms with Crippen molar-refractivity contribution in [2.45, 2.75) is 43.7 Å². The monoisotopic (exact) mass is 311 g/mol. The molecule has 110 valence electrons. The van der Waals surface area contributed by atoms with E-state index in [-0.39, 0.29) is 5.91 Å². The van der Waals surface area contributed by atoms with Gasteiger partial charge in [-0.3, -0.25) is 4.79 Å². The third-order valence-electron chi connectivity index (χ3n) is 3.33. The molecule has 2 rings (SSSR count). The molecule has 20 heavy (non-hydrogen) atoms. The molecular formula is C14H21N3OS2. The van der Waals surface area contributed by atoms with E-state index in [1.807, 2.05) is 18.7 Å². The molecule has 1 heterocycles. The fourth-order valence-corrected chi connectivity index (χ4v) is 4.25. The number of amides is 1. The Morgan fingerprint density at radius 2 is 2.35 bits per heavy atom. The molecular weight excluding hydrogens is 290 g/mol. The van der Waals surface area contributed by atoms with Crippen molar-refractivity contribution >= 4 is 34.1 Å². The molecule has 0 aliphatic heterocycles. The van der Waals surface area contributed by atoms with Crippen LogP contribution in [0.2, 0.25) is 0 Å². The highest BCUT2D eigenvalue weighted by atomic mass is 32.2. The van der Waals surface area contributed by atoms with Crippen molar-refractivity contribution < 1.29 is 4.79 Å². The van der Waals surface area contributed by atoms with Crippen LogP contribution in [0.3, 0.4) is 0 Å². The SMILES string of the molecule is CCN(C(=O)CSc1sc(N)nc1C)C1=CCCCC1. The topological polar surface area (TPSA) is 59.2 Å². The lowest BCUT2D eigenvalue weighted by molar-refractivity contribution is -0.126. The van der Waals surface area contributed by atoms with Crippen molar-refractivity contribution in [1.82, 2.24) is 9.88 Å². The van der Waals surface area contributed by atoms with Crippen LogP contribution < -0.4 is 5.73 Å². The van der Waals surface area contributed by atoms with Crippen LogP contribution in [0, 0.1) is 6.92 Å². The van der Waals surface area contributed by atoms with Gasteiger partial charge in [-0.25, -0.2) is 4.98 Å². The van der Waals surface area contributed by atoms with E-state index in [0.29, 0.717) is 10.9 Å². The molecule has 0 fully saturated rings. The van der Waals surface area contributed by atoms with Gasteiger partial charge in [0.25, 0.3) is 0 Å². The maximum Gasteiger partial charge on any atom is 0.237 e. The molecule has 0 radical (unpaired) electrons. The van der Waals surface area contributed by atoms with E-state index >= 15 is 0 Å². The normalized spacial score (nSPS) is 15.0. The van der Waals surface area contributed by atoms with Gasteiger partial charge >= 0.3 is 0 Å². The summed E-state index contributed by atoms with van der Waals surface area (Å²) in [4.78, 5) is 18.5. The summed E-state index contributed by atoms with van der Waals surface area (Å²) >= 11 is 3.00. The zero-order valence-electron chi connectivity index (χ0n) is 12.0. The molecule has 1 aliphatic rings. The second-order valence-corrected chi connectivity index (χ2v) is 7.07. The van der Waals surface area contributed by atoms with Gasteiger partial charge in [-0.2, -0.15) is 0 Å². The predicted octanol–water partition coefficient (Wildman–Crippen LogP) is 3.43. The largest absolute Gasteiger partial charge is 0.375 e. The molecule has 0 bridgehead atoms. The number of thioether (sulfide) groups is 1. The van der Waals surface area contributed by atoms with Gasteiger partial charge in [0.05, 0.1) is 15.7 Å². The first-order valence-corrected chi connectivity index (χ1v) is 8.77. The van der Waals surface area contributed by atoms with Crippen LogP contribution in [0.15, 0.2) is 16.0 Å². The first kappa shape index (κ1) is 15.4. The molecule has 0 saturated carbocycles. The number of hydrogen-bond donors (Lipinski definition) is 1. The zero-order chi connectivity index (χ0) is 14.5. The van der Waals surface area contributed by atoms with Crippen LogP contribution >= 0.6 is 23.1 Å². The van der Waals surface area contributed by atoms with E-state index in [2.05, 4.69) is 11.1 Å². The van der Waals surface area contributed by atoms with Gasteiger partial charge in [0, 0.05) is 12.2 Å². The van der Waals surface area contributed by atoms with E-state index in [0.717, 1.165) is 29.3 Å². The Balaban J connectivity index is 1.95. The smallest absolute Gasteiger partial charge is 0.237 e. The van der Waals surface area contributed by atoms with Gasteiger partial charge < -0.3 is 10.6 Å². The lowest BCUT2D eigenvalue weighted by atomic mass is 10.0. The highest BCUT2D eigenvalue weighted by Crippen LogP contribution is 2.31. The standard InChI is InChI=1S/C14H21N3OS2/c1-3-17(11-7-5-4-6-8-11)12(18)9-19-13-10(2)16-14(15)20-13/h7H,3-6,8-9H2,1-2H3,(H2,15,16). The number of nitrogens with two attached hydrogens (primary N) is 1. The number of rotatable bonds is 5.